The maximum atomic E-state index is 13.5. The molecule has 0 unspecified atom stereocenters. The summed E-state index contributed by atoms with van der Waals surface area (Å²) in [6, 6.07) is 0.789. The van der Waals surface area contributed by atoms with Crippen LogP contribution in [-0.4, -0.2) is 23.5 Å². The van der Waals surface area contributed by atoms with Gasteiger partial charge in [-0.05, 0) is 18.6 Å². The maximum Gasteiger partial charge on any atom is 0.379 e. The van der Waals surface area contributed by atoms with Crippen molar-refractivity contribution >= 4 is 30.0 Å². The Hall–Kier alpha value is -0.980. The van der Waals surface area contributed by atoms with Crippen molar-refractivity contribution in [3.05, 3.63) is 29.0 Å². The Morgan fingerprint density at radius 3 is 2.67 bits per heavy atom. The number of carbonyl (C=O) groups excluding carboxylic acids is 1. The largest absolute Gasteiger partial charge is 0.462 e. The van der Waals surface area contributed by atoms with E-state index >= 15 is 0 Å². The average Bonchev–Trinajstić information content (AvgIpc) is 2.29. The van der Waals surface area contributed by atoms with E-state index in [-0.39, 0.29) is 29.7 Å². The van der Waals surface area contributed by atoms with Crippen molar-refractivity contribution in [2.75, 3.05) is 6.61 Å². The standard InChI is InChI=1S/C10H11ClF2N2O2.ClH/c1-2-17-9(16)10(12,13)8(14)6-3-4-7(11)15-5-6;/h3-5,8H,2,14H2,1H3;1H/t8-;/m1./s1. The van der Waals surface area contributed by atoms with E-state index in [1.165, 1.54) is 19.1 Å². The number of carbonyl (C=O) groups is 1. The van der Waals surface area contributed by atoms with E-state index in [4.69, 9.17) is 17.3 Å². The van der Waals surface area contributed by atoms with Crippen molar-refractivity contribution in [1.29, 1.82) is 0 Å². The summed E-state index contributed by atoms with van der Waals surface area (Å²) in [7, 11) is 0. The number of alkyl halides is 2. The van der Waals surface area contributed by atoms with Gasteiger partial charge in [-0.3, -0.25) is 0 Å². The van der Waals surface area contributed by atoms with E-state index in [1.54, 1.807) is 0 Å². The number of aromatic nitrogens is 1. The highest BCUT2D eigenvalue weighted by atomic mass is 35.5. The molecule has 1 atom stereocenters. The molecule has 102 valence electrons. The number of pyridine rings is 1. The van der Waals surface area contributed by atoms with Crippen LogP contribution in [0.1, 0.15) is 18.5 Å². The molecule has 0 amide bonds. The van der Waals surface area contributed by atoms with Gasteiger partial charge in [0.2, 0.25) is 0 Å². The van der Waals surface area contributed by atoms with Gasteiger partial charge >= 0.3 is 11.9 Å². The van der Waals surface area contributed by atoms with Gasteiger partial charge in [-0.2, -0.15) is 8.78 Å². The van der Waals surface area contributed by atoms with Crippen molar-refractivity contribution in [2.45, 2.75) is 18.9 Å². The average molecular weight is 301 g/mol. The summed E-state index contributed by atoms with van der Waals surface area (Å²) < 4.78 is 31.3. The summed E-state index contributed by atoms with van der Waals surface area (Å²) in [4.78, 5) is 14.7. The van der Waals surface area contributed by atoms with Crippen LogP contribution in [0, 0.1) is 0 Å². The van der Waals surface area contributed by atoms with Crippen LogP contribution >= 0.6 is 24.0 Å². The predicted octanol–water partition coefficient (Wildman–Crippen LogP) is 2.35. The fraction of sp³-hybridized carbons (Fsp3) is 0.400. The van der Waals surface area contributed by atoms with Gasteiger partial charge in [-0.25, -0.2) is 9.78 Å². The Labute approximate surface area is 114 Å². The van der Waals surface area contributed by atoms with Crippen LogP contribution in [0.4, 0.5) is 8.78 Å². The molecule has 0 aliphatic rings. The second-order valence-electron chi connectivity index (χ2n) is 3.24. The third-order valence-corrected chi connectivity index (χ3v) is 2.27. The summed E-state index contributed by atoms with van der Waals surface area (Å²) >= 11 is 5.51. The van der Waals surface area contributed by atoms with Crippen LogP contribution in [0.15, 0.2) is 18.3 Å². The molecule has 0 aliphatic carbocycles. The first-order valence-electron chi connectivity index (χ1n) is 4.81. The number of ether oxygens (including phenoxy) is 1. The molecule has 0 saturated heterocycles. The SMILES string of the molecule is CCOC(=O)C(F)(F)[C@H](N)c1ccc(Cl)nc1.Cl. The Bertz CT molecular complexity index is 401. The molecule has 1 aromatic heterocycles. The van der Waals surface area contributed by atoms with Crippen molar-refractivity contribution in [1.82, 2.24) is 4.98 Å². The lowest BCUT2D eigenvalue weighted by Crippen LogP contribution is -2.41. The van der Waals surface area contributed by atoms with Gasteiger partial charge in [0, 0.05) is 6.20 Å². The number of nitrogens with two attached hydrogens (primary N) is 1. The smallest absolute Gasteiger partial charge is 0.379 e. The molecule has 0 spiro atoms. The number of halogens is 4. The zero-order valence-electron chi connectivity index (χ0n) is 9.40. The number of rotatable bonds is 4. The number of esters is 1. The fourth-order valence-corrected chi connectivity index (χ4v) is 1.25. The lowest BCUT2D eigenvalue weighted by molar-refractivity contribution is -0.174. The Kier molecular flexibility index (Phi) is 6.45. The van der Waals surface area contributed by atoms with Crippen molar-refractivity contribution in [3.8, 4) is 0 Å². The molecule has 0 aliphatic heterocycles. The zero-order valence-corrected chi connectivity index (χ0v) is 11.0. The highest BCUT2D eigenvalue weighted by molar-refractivity contribution is 6.29. The van der Waals surface area contributed by atoms with Gasteiger partial charge in [0.1, 0.15) is 11.2 Å². The predicted molar refractivity (Wildman–Crippen MR) is 65.0 cm³/mol. The number of hydrogen-bond donors (Lipinski definition) is 1. The summed E-state index contributed by atoms with van der Waals surface area (Å²) in [5.74, 6) is -5.45. The monoisotopic (exact) mass is 300 g/mol. The van der Waals surface area contributed by atoms with Crippen LogP contribution in [0.25, 0.3) is 0 Å². The Balaban J connectivity index is 0.00000289. The second-order valence-corrected chi connectivity index (χ2v) is 3.62. The molecule has 18 heavy (non-hydrogen) atoms. The lowest BCUT2D eigenvalue weighted by Gasteiger charge is -2.21. The van der Waals surface area contributed by atoms with E-state index in [1.807, 2.05) is 0 Å². The van der Waals surface area contributed by atoms with Crippen LogP contribution < -0.4 is 5.73 Å². The number of hydrogen-bond acceptors (Lipinski definition) is 4. The van der Waals surface area contributed by atoms with Gasteiger partial charge in [0.05, 0.1) is 6.61 Å². The number of nitrogens with zero attached hydrogens (tertiary/aromatic N) is 1. The molecule has 0 fully saturated rings. The van der Waals surface area contributed by atoms with Crippen LogP contribution in [-0.2, 0) is 9.53 Å². The fourth-order valence-electron chi connectivity index (χ4n) is 1.13. The third kappa shape index (κ3) is 3.76. The minimum Gasteiger partial charge on any atom is -0.462 e. The second kappa shape index (κ2) is 6.82. The molecular formula is C10H12Cl2F2N2O2. The van der Waals surface area contributed by atoms with Gasteiger partial charge in [0.15, 0.2) is 0 Å². The van der Waals surface area contributed by atoms with Gasteiger partial charge in [-0.15, -0.1) is 12.4 Å². The minimum absolute atomic E-state index is 0. The van der Waals surface area contributed by atoms with E-state index in [2.05, 4.69) is 9.72 Å². The molecule has 8 heteroatoms. The first-order valence-corrected chi connectivity index (χ1v) is 5.19. The van der Waals surface area contributed by atoms with Crippen LogP contribution in [0.3, 0.4) is 0 Å². The van der Waals surface area contributed by atoms with Gasteiger partial charge < -0.3 is 10.5 Å². The van der Waals surface area contributed by atoms with E-state index < -0.39 is 17.9 Å². The summed E-state index contributed by atoms with van der Waals surface area (Å²) in [6.07, 6.45) is 1.10. The molecule has 1 heterocycles. The molecule has 0 bridgehead atoms. The molecule has 0 aromatic carbocycles. The summed E-state index contributed by atoms with van der Waals surface area (Å²) in [5, 5.41) is 0.153. The van der Waals surface area contributed by atoms with Gasteiger partial charge in [0.25, 0.3) is 0 Å². The van der Waals surface area contributed by atoms with Crippen LogP contribution in [0.2, 0.25) is 5.15 Å². The Morgan fingerprint density at radius 1 is 1.61 bits per heavy atom. The molecule has 2 N–H and O–H groups in total. The van der Waals surface area contributed by atoms with E-state index in [9.17, 15) is 13.6 Å². The Morgan fingerprint density at radius 2 is 2.22 bits per heavy atom. The summed E-state index contributed by atoms with van der Waals surface area (Å²) in [6.45, 7) is 1.30. The van der Waals surface area contributed by atoms with Crippen molar-refractivity contribution in [2.24, 2.45) is 5.73 Å². The van der Waals surface area contributed by atoms with Crippen molar-refractivity contribution < 1.29 is 18.3 Å². The van der Waals surface area contributed by atoms with E-state index in [0.29, 0.717) is 0 Å². The normalized spacial score (nSPS) is 12.5. The molecule has 0 radical (unpaired) electrons. The van der Waals surface area contributed by atoms with Gasteiger partial charge in [-0.1, -0.05) is 17.7 Å². The zero-order chi connectivity index (χ0) is 13.1. The van der Waals surface area contributed by atoms with Crippen LogP contribution in [0.5, 0.6) is 0 Å². The first kappa shape index (κ1) is 17.0. The molecule has 0 saturated carbocycles. The highest BCUT2D eigenvalue weighted by Crippen LogP contribution is 2.30. The van der Waals surface area contributed by atoms with E-state index in [0.717, 1.165) is 6.20 Å². The topological polar surface area (TPSA) is 65.2 Å². The summed E-state index contributed by atoms with van der Waals surface area (Å²) in [5.41, 5.74) is 5.33. The molecule has 1 rings (SSSR count). The first-order chi connectivity index (χ1) is 7.89. The quantitative estimate of drug-likeness (QED) is 0.685. The highest BCUT2D eigenvalue weighted by Gasteiger charge is 2.47. The van der Waals surface area contributed by atoms with Crippen molar-refractivity contribution in [3.63, 3.8) is 0 Å². The lowest BCUT2D eigenvalue weighted by atomic mass is 10.0. The molecule has 4 nitrogen and oxygen atoms in total. The molecular weight excluding hydrogens is 289 g/mol. The maximum absolute atomic E-state index is 13.5. The molecule has 1 aromatic rings. The minimum atomic E-state index is -3.80. The third-order valence-electron chi connectivity index (χ3n) is 2.05.